The summed E-state index contributed by atoms with van der Waals surface area (Å²) >= 11 is 7.38. The van der Waals surface area contributed by atoms with Gasteiger partial charge in [0.2, 0.25) is 0 Å². The molecule has 0 spiro atoms. The second-order valence-electron chi connectivity index (χ2n) is 8.58. The predicted octanol–water partition coefficient (Wildman–Crippen LogP) is 3.96. The first-order chi connectivity index (χ1) is 18.7. The lowest BCUT2D eigenvalue weighted by molar-refractivity contribution is -0.136. The van der Waals surface area contributed by atoms with Gasteiger partial charge < -0.3 is 24.1 Å². The maximum absolute atomic E-state index is 13.9. The molecule has 1 N–H and O–H groups in total. The molecule has 0 saturated carbocycles. The van der Waals surface area contributed by atoms with Crippen LogP contribution < -0.4 is 29.1 Å². The molecule has 1 aliphatic rings. The van der Waals surface area contributed by atoms with E-state index in [2.05, 4.69) is 4.99 Å². The van der Waals surface area contributed by atoms with Crippen LogP contribution in [0.3, 0.4) is 0 Å². The summed E-state index contributed by atoms with van der Waals surface area (Å²) in [5.41, 5.74) is 1.40. The van der Waals surface area contributed by atoms with E-state index in [4.69, 9.17) is 30.5 Å². The third kappa shape index (κ3) is 5.39. The molecular weight excluding hydrogens is 544 g/mol. The zero-order valence-corrected chi connectivity index (χ0v) is 23.8. The Kier molecular flexibility index (Phi) is 8.66. The van der Waals surface area contributed by atoms with Crippen LogP contribution in [0, 0.1) is 0 Å². The van der Waals surface area contributed by atoms with Gasteiger partial charge in [0.1, 0.15) is 6.04 Å². The first-order valence-electron chi connectivity index (χ1n) is 12.3. The molecule has 0 unspecified atom stereocenters. The highest BCUT2D eigenvalue weighted by molar-refractivity contribution is 7.07. The van der Waals surface area contributed by atoms with Gasteiger partial charge in [-0.3, -0.25) is 9.36 Å². The van der Waals surface area contributed by atoms with Crippen molar-refractivity contribution in [2.75, 3.05) is 27.4 Å². The van der Waals surface area contributed by atoms with Gasteiger partial charge in [-0.15, -0.1) is 0 Å². The van der Waals surface area contributed by atoms with Crippen LogP contribution in [-0.4, -0.2) is 43.1 Å². The van der Waals surface area contributed by atoms with Crippen LogP contribution in [-0.2, 0) is 9.53 Å². The number of fused-ring (bicyclic) bond motifs is 1. The van der Waals surface area contributed by atoms with Gasteiger partial charge in [0, 0.05) is 5.56 Å². The molecule has 0 fully saturated rings. The highest BCUT2D eigenvalue weighted by Gasteiger charge is 2.35. The Hall–Kier alpha value is -3.76. The maximum atomic E-state index is 13.9. The highest BCUT2D eigenvalue weighted by atomic mass is 35.5. The van der Waals surface area contributed by atoms with Gasteiger partial charge in [-0.2, -0.15) is 0 Å². The fourth-order valence-electron chi connectivity index (χ4n) is 4.35. The van der Waals surface area contributed by atoms with Crippen molar-refractivity contribution in [2.45, 2.75) is 33.2 Å². The van der Waals surface area contributed by atoms with E-state index in [0.29, 0.717) is 50.9 Å². The summed E-state index contributed by atoms with van der Waals surface area (Å²) in [5, 5.41) is 10.3. The standard InChI is InChI=1S/C28H29ClN2O7S/c1-6-11-38-25-17(9-8-10-19(25)35-4)23-22(27(34)36-5)15(3)30-28-31(23)26(33)21(39-28)14-16-12-18(29)24(32)20(13-16)37-7-2/h8-10,12-14,23,32H,6-7,11H2,1-5H3/t23-/m0/s1. The number of phenols is 1. The zero-order chi connectivity index (χ0) is 28.3. The first kappa shape index (κ1) is 28.3. The van der Waals surface area contributed by atoms with Crippen LogP contribution in [0.4, 0.5) is 0 Å². The first-order valence-corrected chi connectivity index (χ1v) is 13.5. The number of benzene rings is 2. The van der Waals surface area contributed by atoms with Crippen molar-refractivity contribution in [2.24, 2.45) is 4.99 Å². The lowest BCUT2D eigenvalue weighted by atomic mass is 9.94. The van der Waals surface area contributed by atoms with Crippen molar-refractivity contribution in [3.63, 3.8) is 0 Å². The van der Waals surface area contributed by atoms with Crippen LogP contribution in [0.1, 0.15) is 44.4 Å². The number of halogens is 1. The molecule has 9 nitrogen and oxygen atoms in total. The number of methoxy groups -OCH3 is 2. The normalized spacial score (nSPS) is 15.0. The van der Waals surface area contributed by atoms with Crippen LogP contribution in [0.2, 0.25) is 5.02 Å². The molecule has 11 heteroatoms. The molecule has 1 aliphatic heterocycles. The van der Waals surface area contributed by atoms with Crippen molar-refractivity contribution in [1.29, 1.82) is 0 Å². The summed E-state index contributed by atoms with van der Waals surface area (Å²) < 4.78 is 24.0. The second kappa shape index (κ2) is 12.0. The number of thiazole rings is 1. The van der Waals surface area contributed by atoms with Crippen LogP contribution in [0.15, 0.2) is 51.4 Å². The Labute approximate surface area is 234 Å². The van der Waals surface area contributed by atoms with Crippen LogP contribution in [0.25, 0.3) is 6.08 Å². The number of carbonyl (C=O) groups excluding carboxylic acids is 1. The zero-order valence-electron chi connectivity index (χ0n) is 22.2. The number of hydrogen-bond acceptors (Lipinski definition) is 9. The number of allylic oxidation sites excluding steroid dienone is 1. The molecule has 39 heavy (non-hydrogen) atoms. The number of hydrogen-bond donors (Lipinski definition) is 1. The van der Waals surface area contributed by atoms with Gasteiger partial charge in [-0.25, -0.2) is 9.79 Å². The monoisotopic (exact) mass is 572 g/mol. The molecule has 1 atom stereocenters. The van der Waals surface area contributed by atoms with E-state index in [9.17, 15) is 14.7 Å². The SMILES string of the molecule is CCCOc1c(OC)cccc1[C@H]1C(C(=O)OC)=C(C)N=c2sc(=Cc3cc(Cl)c(O)c(OCC)c3)c(=O)n21. The molecule has 0 aliphatic carbocycles. The van der Waals surface area contributed by atoms with E-state index in [1.54, 1.807) is 50.3 Å². The number of phenolic OH excluding ortho intramolecular Hbond substituents is 1. The summed E-state index contributed by atoms with van der Waals surface area (Å²) in [6.07, 6.45) is 2.39. The fourth-order valence-corrected chi connectivity index (χ4v) is 5.61. The van der Waals surface area contributed by atoms with Crippen LogP contribution in [0.5, 0.6) is 23.0 Å². The fraction of sp³-hybridized carbons (Fsp3) is 0.321. The van der Waals surface area contributed by atoms with Gasteiger partial charge in [0.25, 0.3) is 5.56 Å². The van der Waals surface area contributed by atoms with Gasteiger partial charge >= 0.3 is 5.97 Å². The minimum absolute atomic E-state index is 0.0933. The van der Waals surface area contributed by atoms with Crippen molar-refractivity contribution in [3.8, 4) is 23.0 Å². The minimum Gasteiger partial charge on any atom is -0.503 e. The molecule has 0 bridgehead atoms. The van der Waals surface area contributed by atoms with Crippen molar-refractivity contribution in [3.05, 3.63) is 77.4 Å². The highest BCUT2D eigenvalue weighted by Crippen LogP contribution is 2.41. The number of ether oxygens (including phenoxy) is 4. The molecule has 2 aromatic carbocycles. The van der Waals surface area contributed by atoms with E-state index < -0.39 is 12.0 Å². The number of carbonyl (C=O) groups is 1. The van der Waals surface area contributed by atoms with Crippen molar-refractivity contribution >= 4 is 35.0 Å². The second-order valence-corrected chi connectivity index (χ2v) is 10.00. The Morgan fingerprint density at radius 3 is 2.64 bits per heavy atom. The van der Waals surface area contributed by atoms with Crippen LogP contribution >= 0.6 is 22.9 Å². The molecule has 1 aromatic heterocycles. The van der Waals surface area contributed by atoms with Gasteiger partial charge in [0.05, 0.1) is 48.3 Å². The molecule has 0 radical (unpaired) electrons. The van der Waals surface area contributed by atoms with Gasteiger partial charge in [-0.1, -0.05) is 42.0 Å². The molecule has 3 aromatic rings. The molecule has 0 amide bonds. The molecule has 2 heterocycles. The molecule has 206 valence electrons. The molecule has 0 saturated heterocycles. The number of aromatic hydroxyl groups is 1. The summed E-state index contributed by atoms with van der Waals surface area (Å²) in [7, 11) is 2.82. The predicted molar refractivity (Wildman–Crippen MR) is 149 cm³/mol. The number of aromatic nitrogens is 1. The average Bonchev–Trinajstić information content (AvgIpc) is 3.22. The van der Waals surface area contributed by atoms with Gasteiger partial charge in [-0.05, 0) is 50.1 Å². The Balaban J connectivity index is 1.99. The quantitative estimate of drug-likeness (QED) is 0.387. The Morgan fingerprint density at radius 1 is 1.21 bits per heavy atom. The van der Waals surface area contributed by atoms with E-state index in [-0.39, 0.29) is 27.7 Å². The number of para-hydroxylation sites is 1. The van der Waals surface area contributed by atoms with E-state index in [1.807, 2.05) is 6.92 Å². The number of esters is 1. The third-order valence-electron chi connectivity index (χ3n) is 6.05. The van der Waals surface area contributed by atoms with E-state index in [0.717, 1.165) is 6.42 Å². The number of rotatable bonds is 9. The average molecular weight is 573 g/mol. The molecular formula is C28H29ClN2O7S. The maximum Gasteiger partial charge on any atom is 0.338 e. The summed E-state index contributed by atoms with van der Waals surface area (Å²) in [6.45, 7) is 6.21. The summed E-state index contributed by atoms with van der Waals surface area (Å²) in [6, 6.07) is 7.60. The van der Waals surface area contributed by atoms with Gasteiger partial charge in [0.15, 0.2) is 27.8 Å². The lowest BCUT2D eigenvalue weighted by Crippen LogP contribution is -2.40. The van der Waals surface area contributed by atoms with E-state index in [1.165, 1.54) is 30.1 Å². The summed E-state index contributed by atoms with van der Waals surface area (Å²) in [5.74, 6) is 0.340. The Bertz CT molecular complexity index is 1620. The van der Waals surface area contributed by atoms with Crippen molar-refractivity contribution < 1.29 is 28.8 Å². The van der Waals surface area contributed by atoms with E-state index >= 15 is 0 Å². The topological polar surface area (TPSA) is 109 Å². The minimum atomic E-state index is -0.875. The van der Waals surface area contributed by atoms with Crippen molar-refractivity contribution in [1.82, 2.24) is 4.57 Å². The largest absolute Gasteiger partial charge is 0.503 e. The summed E-state index contributed by atoms with van der Waals surface area (Å²) in [4.78, 5) is 32.0. The third-order valence-corrected chi connectivity index (χ3v) is 7.32. The smallest absolute Gasteiger partial charge is 0.338 e. The number of nitrogens with zero attached hydrogens (tertiary/aromatic N) is 2. The Morgan fingerprint density at radius 2 is 1.97 bits per heavy atom. The molecule has 4 rings (SSSR count). The lowest BCUT2D eigenvalue weighted by Gasteiger charge is -2.26.